The smallest absolute Gasteiger partial charge is 0.138 e. The second kappa shape index (κ2) is 6.14. The molecule has 1 fully saturated rings. The van der Waals surface area contributed by atoms with Gasteiger partial charge in [0.2, 0.25) is 0 Å². The average molecular weight is 368 g/mol. The fourth-order valence-corrected chi connectivity index (χ4v) is 5.04. The first-order valence-electron chi connectivity index (χ1n) is 8.98. The number of imidazole rings is 1. The molecule has 0 amide bonds. The number of hydrogen-bond donors (Lipinski definition) is 1. The van der Waals surface area contributed by atoms with Gasteiger partial charge in [0.25, 0.3) is 0 Å². The van der Waals surface area contributed by atoms with E-state index in [-0.39, 0.29) is 0 Å². The van der Waals surface area contributed by atoms with Crippen LogP contribution in [0.3, 0.4) is 0 Å². The molecule has 1 atom stereocenters. The van der Waals surface area contributed by atoms with Crippen molar-refractivity contribution < 1.29 is 5.11 Å². The molecule has 0 bridgehead atoms. The van der Waals surface area contributed by atoms with Gasteiger partial charge < -0.3 is 9.67 Å². The van der Waals surface area contributed by atoms with Crippen LogP contribution >= 0.6 is 11.3 Å². The van der Waals surface area contributed by atoms with Crippen molar-refractivity contribution in [1.29, 1.82) is 0 Å². The first-order chi connectivity index (χ1) is 12.7. The maximum atomic E-state index is 10.3. The van der Waals surface area contributed by atoms with Crippen molar-refractivity contribution in [1.82, 2.24) is 29.3 Å². The second-order valence-corrected chi connectivity index (χ2v) is 7.90. The number of fused-ring (bicyclic) bond motifs is 3. The molecule has 5 rings (SSSR count). The van der Waals surface area contributed by atoms with Gasteiger partial charge in [0, 0.05) is 6.04 Å². The quantitative estimate of drug-likeness (QED) is 0.597. The molecule has 4 aromatic rings. The Hall–Kier alpha value is -2.32. The van der Waals surface area contributed by atoms with Gasteiger partial charge in [-0.05, 0) is 44.1 Å². The highest BCUT2D eigenvalue weighted by atomic mass is 32.1. The molecule has 4 aromatic heterocycles. The van der Waals surface area contributed by atoms with Gasteiger partial charge in [0.1, 0.15) is 30.1 Å². The van der Waals surface area contributed by atoms with Crippen LogP contribution in [-0.4, -0.2) is 34.4 Å². The lowest BCUT2D eigenvalue weighted by Gasteiger charge is -2.31. The van der Waals surface area contributed by atoms with E-state index in [9.17, 15) is 5.11 Å². The molecule has 0 radical (unpaired) electrons. The molecule has 134 valence electrons. The topological polar surface area (TPSA) is 81.7 Å². The Morgan fingerprint density at radius 2 is 2.00 bits per heavy atom. The first kappa shape index (κ1) is 15.9. The first-order valence-corrected chi connectivity index (χ1v) is 9.86. The van der Waals surface area contributed by atoms with Crippen LogP contribution in [0, 0.1) is 0 Å². The summed E-state index contributed by atoms with van der Waals surface area (Å²) in [4.78, 5) is 13.3. The predicted octanol–water partition coefficient (Wildman–Crippen LogP) is 3.65. The molecule has 7 nitrogen and oxygen atoms in total. The molecule has 8 heteroatoms. The number of aliphatic hydroxyl groups excluding tert-OH is 1. The van der Waals surface area contributed by atoms with E-state index in [0.29, 0.717) is 12.1 Å². The van der Waals surface area contributed by atoms with E-state index >= 15 is 0 Å². The number of rotatable bonds is 3. The highest BCUT2D eigenvalue weighted by molar-refractivity contribution is 7.18. The summed E-state index contributed by atoms with van der Waals surface area (Å²) in [5.41, 5.74) is 2.98. The lowest BCUT2D eigenvalue weighted by Crippen LogP contribution is -2.22. The second-order valence-electron chi connectivity index (χ2n) is 6.98. The number of hydrogen-bond acceptors (Lipinski definition) is 6. The summed E-state index contributed by atoms with van der Waals surface area (Å²) >= 11 is 1.69. The largest absolute Gasteiger partial charge is 0.385 e. The molecule has 4 heterocycles. The summed E-state index contributed by atoms with van der Waals surface area (Å²) < 4.78 is 5.40. The van der Waals surface area contributed by atoms with Gasteiger partial charge in [0.15, 0.2) is 0 Å². The van der Waals surface area contributed by atoms with E-state index in [0.717, 1.165) is 52.8 Å². The van der Waals surface area contributed by atoms with Crippen LogP contribution in [0.2, 0.25) is 0 Å². The van der Waals surface area contributed by atoms with E-state index in [2.05, 4.69) is 25.0 Å². The third kappa shape index (κ3) is 2.44. The molecule has 1 aliphatic rings. The third-order valence-electron chi connectivity index (χ3n) is 5.37. The van der Waals surface area contributed by atoms with Crippen molar-refractivity contribution in [2.24, 2.45) is 0 Å². The van der Waals surface area contributed by atoms with Crippen molar-refractivity contribution in [2.75, 3.05) is 0 Å². The van der Waals surface area contributed by atoms with E-state index in [4.69, 9.17) is 4.98 Å². The molecule has 26 heavy (non-hydrogen) atoms. The summed E-state index contributed by atoms with van der Waals surface area (Å²) in [5, 5.41) is 16.7. The maximum absolute atomic E-state index is 10.3. The molecular weight excluding hydrogens is 348 g/mol. The van der Waals surface area contributed by atoms with E-state index in [1.165, 1.54) is 0 Å². The molecule has 0 unspecified atom stereocenters. The zero-order valence-electron chi connectivity index (χ0n) is 14.5. The minimum absolute atomic E-state index is 0.331. The van der Waals surface area contributed by atoms with Gasteiger partial charge in [-0.25, -0.2) is 14.6 Å². The molecule has 0 aromatic carbocycles. The summed E-state index contributed by atoms with van der Waals surface area (Å²) in [6.07, 6.45) is 8.78. The Bertz CT molecular complexity index is 1040. The number of pyridine rings is 1. The molecule has 1 saturated carbocycles. The fourth-order valence-electron chi connectivity index (χ4n) is 4.15. The van der Waals surface area contributed by atoms with Crippen LogP contribution in [0.1, 0.15) is 56.6 Å². The molecule has 1 aliphatic carbocycles. The molecule has 0 saturated heterocycles. The number of thiophene rings is 1. The standard InChI is InChI=1S/C18H20N6OS/c1-11(25)18-22-15-8-20-14-6-7-26-17(14)16(15)24(18)13-4-2-12(3-5-13)23-10-19-9-21-23/h6-13,25H,2-5H2,1H3/t11-,12?,13?/m1/s1. The Morgan fingerprint density at radius 3 is 2.73 bits per heavy atom. The zero-order chi connectivity index (χ0) is 17.7. The van der Waals surface area contributed by atoms with Crippen LogP contribution in [0.15, 0.2) is 30.3 Å². The normalized spacial score (nSPS) is 22.2. The summed E-state index contributed by atoms with van der Waals surface area (Å²) in [7, 11) is 0. The maximum Gasteiger partial charge on any atom is 0.138 e. The summed E-state index contributed by atoms with van der Waals surface area (Å²) in [5.74, 6) is 0.743. The van der Waals surface area contributed by atoms with Crippen molar-refractivity contribution in [3.05, 3.63) is 36.1 Å². The van der Waals surface area contributed by atoms with Crippen LogP contribution in [0.25, 0.3) is 21.3 Å². The Labute approximate surface area is 154 Å². The van der Waals surface area contributed by atoms with Crippen molar-refractivity contribution in [2.45, 2.75) is 50.8 Å². The summed E-state index contributed by atoms with van der Waals surface area (Å²) in [6, 6.07) is 2.78. The van der Waals surface area contributed by atoms with E-state index in [1.54, 1.807) is 30.9 Å². The van der Waals surface area contributed by atoms with Gasteiger partial charge in [-0.2, -0.15) is 5.10 Å². The van der Waals surface area contributed by atoms with Gasteiger partial charge in [-0.1, -0.05) is 0 Å². The molecule has 1 N–H and O–H groups in total. The number of nitrogens with zero attached hydrogens (tertiary/aromatic N) is 6. The van der Waals surface area contributed by atoms with Crippen LogP contribution in [0.5, 0.6) is 0 Å². The molecule has 0 aliphatic heterocycles. The van der Waals surface area contributed by atoms with Crippen LogP contribution in [-0.2, 0) is 0 Å². The molecular formula is C18H20N6OS. The van der Waals surface area contributed by atoms with E-state index in [1.807, 2.05) is 16.9 Å². The highest BCUT2D eigenvalue weighted by Crippen LogP contribution is 2.40. The van der Waals surface area contributed by atoms with Gasteiger partial charge in [-0.15, -0.1) is 11.3 Å². The van der Waals surface area contributed by atoms with Crippen LogP contribution < -0.4 is 0 Å². The highest BCUT2D eigenvalue weighted by Gasteiger charge is 2.29. The SMILES string of the molecule is C[C@@H](O)c1nc2cnc3ccsc3c2n1C1CCC(n2cncn2)CC1. The van der Waals surface area contributed by atoms with Crippen molar-refractivity contribution in [3.8, 4) is 0 Å². The lowest BCUT2D eigenvalue weighted by atomic mass is 9.91. The number of aliphatic hydroxyl groups is 1. The summed E-state index contributed by atoms with van der Waals surface area (Å²) in [6.45, 7) is 1.79. The van der Waals surface area contributed by atoms with Crippen LogP contribution in [0.4, 0.5) is 0 Å². The van der Waals surface area contributed by atoms with Crippen molar-refractivity contribution >= 4 is 32.6 Å². The minimum Gasteiger partial charge on any atom is -0.385 e. The third-order valence-corrected chi connectivity index (χ3v) is 6.28. The molecule has 0 spiro atoms. The minimum atomic E-state index is -0.606. The fraction of sp³-hybridized carbons (Fsp3) is 0.444. The van der Waals surface area contributed by atoms with Gasteiger partial charge in [0.05, 0.1) is 28.0 Å². The van der Waals surface area contributed by atoms with Gasteiger partial charge in [-0.3, -0.25) is 4.98 Å². The average Bonchev–Trinajstić information content (AvgIpc) is 3.39. The Kier molecular flexibility index (Phi) is 3.75. The predicted molar refractivity (Wildman–Crippen MR) is 100 cm³/mol. The van der Waals surface area contributed by atoms with Gasteiger partial charge >= 0.3 is 0 Å². The monoisotopic (exact) mass is 368 g/mol. The Balaban J connectivity index is 1.57. The zero-order valence-corrected chi connectivity index (χ0v) is 15.3. The Morgan fingerprint density at radius 1 is 1.19 bits per heavy atom. The van der Waals surface area contributed by atoms with E-state index < -0.39 is 6.10 Å². The van der Waals surface area contributed by atoms with Crippen molar-refractivity contribution in [3.63, 3.8) is 0 Å². The number of aromatic nitrogens is 6. The lowest BCUT2D eigenvalue weighted by molar-refractivity contribution is 0.174.